The maximum absolute atomic E-state index is 4.92. The van der Waals surface area contributed by atoms with E-state index in [0.29, 0.717) is 5.92 Å². The molecule has 0 fully saturated rings. The first-order chi connectivity index (χ1) is 16.7. The van der Waals surface area contributed by atoms with Gasteiger partial charge in [-0.05, 0) is 62.7 Å². The number of rotatable bonds is 2. The van der Waals surface area contributed by atoms with E-state index in [4.69, 9.17) is 4.98 Å². The van der Waals surface area contributed by atoms with Crippen LogP contribution in [0.4, 0.5) is 0 Å². The number of aromatic nitrogens is 1. The second-order valence-corrected chi connectivity index (χ2v) is 10.4. The summed E-state index contributed by atoms with van der Waals surface area (Å²) >= 11 is 1.91. The van der Waals surface area contributed by atoms with Gasteiger partial charge in [-0.15, -0.1) is 11.3 Å². The van der Waals surface area contributed by atoms with E-state index in [1.807, 2.05) is 17.5 Å². The van der Waals surface area contributed by atoms with Crippen LogP contribution < -0.4 is 0 Å². The highest BCUT2D eigenvalue weighted by atomic mass is 32.1. The van der Waals surface area contributed by atoms with Gasteiger partial charge in [-0.25, -0.2) is 0 Å². The van der Waals surface area contributed by atoms with Crippen LogP contribution in [-0.4, -0.2) is 4.98 Å². The van der Waals surface area contributed by atoms with Crippen LogP contribution in [-0.2, 0) is 0 Å². The molecule has 0 bridgehead atoms. The first kappa shape index (κ1) is 19.7. The standard InChI is InChI=1S/C32H23NS/c1-19(2)28-17-21(18-29-26-9-5-6-10-30(26)34-32(28)29)31-27-14-13-23-22-8-4-3-7-20(22)11-12-24(23)25(27)15-16-33-31/h3-19H,1-2H3. The highest BCUT2D eigenvalue weighted by Gasteiger charge is 2.16. The zero-order valence-electron chi connectivity index (χ0n) is 19.2. The number of hydrogen-bond donors (Lipinski definition) is 0. The molecule has 162 valence electrons. The van der Waals surface area contributed by atoms with Crippen LogP contribution in [0.1, 0.15) is 25.3 Å². The highest BCUT2D eigenvalue weighted by molar-refractivity contribution is 7.26. The summed E-state index contributed by atoms with van der Waals surface area (Å²) < 4.78 is 2.75. The first-order valence-corrected chi connectivity index (χ1v) is 12.7. The van der Waals surface area contributed by atoms with E-state index in [9.17, 15) is 0 Å². The van der Waals surface area contributed by atoms with E-state index in [0.717, 1.165) is 5.69 Å². The minimum atomic E-state index is 0.442. The number of hydrogen-bond acceptors (Lipinski definition) is 2. The van der Waals surface area contributed by atoms with Gasteiger partial charge < -0.3 is 0 Å². The van der Waals surface area contributed by atoms with Crippen LogP contribution in [0.2, 0.25) is 0 Å². The van der Waals surface area contributed by atoms with E-state index in [1.165, 1.54) is 63.6 Å². The van der Waals surface area contributed by atoms with Crippen molar-refractivity contribution in [3.8, 4) is 11.3 Å². The summed E-state index contributed by atoms with van der Waals surface area (Å²) in [6.07, 6.45) is 1.97. The Morgan fingerprint density at radius 2 is 1.32 bits per heavy atom. The quantitative estimate of drug-likeness (QED) is 0.237. The molecule has 0 aliphatic carbocycles. The molecule has 0 saturated carbocycles. The Hall–Kier alpha value is -3.75. The number of benzene rings is 5. The van der Waals surface area contributed by atoms with Crippen LogP contribution in [0.5, 0.6) is 0 Å². The molecule has 7 aromatic rings. The number of thiophene rings is 1. The molecule has 0 aliphatic rings. The Morgan fingerprint density at radius 1 is 0.618 bits per heavy atom. The van der Waals surface area contributed by atoms with Gasteiger partial charge in [-0.1, -0.05) is 80.6 Å². The Labute approximate surface area is 202 Å². The smallest absolute Gasteiger partial charge is 0.0780 e. The van der Waals surface area contributed by atoms with Crippen molar-refractivity contribution in [2.45, 2.75) is 19.8 Å². The predicted octanol–water partition coefficient (Wildman–Crippen LogP) is 9.70. The first-order valence-electron chi connectivity index (χ1n) is 11.8. The fraction of sp³-hybridized carbons (Fsp3) is 0.0938. The number of fused-ring (bicyclic) bond motifs is 8. The number of pyridine rings is 1. The zero-order chi connectivity index (χ0) is 22.8. The molecule has 0 amide bonds. The summed E-state index contributed by atoms with van der Waals surface area (Å²) in [6, 6.07) is 33.3. The van der Waals surface area contributed by atoms with Crippen molar-refractivity contribution >= 4 is 63.8 Å². The SMILES string of the molecule is CC(C)c1cc(-c2nccc3c2ccc2c4ccccc4ccc32)cc2c1sc1ccccc12. The lowest BCUT2D eigenvalue weighted by Crippen LogP contribution is -1.92. The maximum Gasteiger partial charge on any atom is 0.0780 e. The monoisotopic (exact) mass is 453 g/mol. The van der Waals surface area contributed by atoms with E-state index in [2.05, 4.69) is 105 Å². The van der Waals surface area contributed by atoms with Crippen LogP contribution in [0.15, 0.2) is 97.2 Å². The van der Waals surface area contributed by atoms with Crippen molar-refractivity contribution in [2.24, 2.45) is 0 Å². The van der Waals surface area contributed by atoms with Crippen LogP contribution in [0.3, 0.4) is 0 Å². The van der Waals surface area contributed by atoms with E-state index >= 15 is 0 Å². The molecule has 2 aromatic heterocycles. The summed E-state index contributed by atoms with van der Waals surface area (Å²) in [7, 11) is 0. The average molecular weight is 454 g/mol. The third-order valence-electron chi connectivity index (χ3n) is 7.07. The summed E-state index contributed by atoms with van der Waals surface area (Å²) in [4.78, 5) is 4.92. The third kappa shape index (κ3) is 2.82. The largest absolute Gasteiger partial charge is 0.256 e. The molecule has 0 unspecified atom stereocenters. The molecule has 2 heteroatoms. The van der Waals surface area contributed by atoms with Gasteiger partial charge in [0.1, 0.15) is 0 Å². The van der Waals surface area contributed by atoms with Crippen LogP contribution in [0.25, 0.3) is 63.7 Å². The Kier molecular flexibility index (Phi) is 4.27. The molecule has 0 atom stereocenters. The van der Waals surface area contributed by atoms with Crippen LogP contribution in [0, 0.1) is 0 Å². The zero-order valence-corrected chi connectivity index (χ0v) is 20.0. The normalized spacial score (nSPS) is 12.1. The molecule has 7 rings (SSSR count). The highest BCUT2D eigenvalue weighted by Crippen LogP contribution is 2.42. The summed E-state index contributed by atoms with van der Waals surface area (Å²) in [6.45, 7) is 4.58. The third-order valence-corrected chi connectivity index (χ3v) is 8.31. The van der Waals surface area contributed by atoms with E-state index in [1.54, 1.807) is 0 Å². The van der Waals surface area contributed by atoms with E-state index < -0.39 is 0 Å². The fourth-order valence-corrected chi connectivity index (χ4v) is 6.75. The molecular weight excluding hydrogens is 430 g/mol. The molecular formula is C32H23NS. The van der Waals surface area contributed by atoms with Gasteiger partial charge in [0.05, 0.1) is 5.69 Å². The minimum absolute atomic E-state index is 0.442. The topological polar surface area (TPSA) is 12.9 Å². The van der Waals surface area contributed by atoms with Crippen molar-refractivity contribution in [1.82, 2.24) is 4.98 Å². The van der Waals surface area contributed by atoms with E-state index in [-0.39, 0.29) is 0 Å². The lowest BCUT2D eigenvalue weighted by Gasteiger charge is -2.13. The number of nitrogens with zero attached hydrogens (tertiary/aromatic N) is 1. The van der Waals surface area contributed by atoms with Crippen molar-refractivity contribution in [3.05, 3.63) is 103 Å². The second kappa shape index (κ2) is 7.38. The van der Waals surface area contributed by atoms with Crippen molar-refractivity contribution in [2.75, 3.05) is 0 Å². The molecule has 5 aromatic carbocycles. The van der Waals surface area contributed by atoms with Crippen LogP contribution >= 0.6 is 11.3 Å². The molecule has 0 saturated heterocycles. The second-order valence-electron chi connectivity index (χ2n) is 9.40. The Bertz CT molecular complexity index is 1890. The van der Waals surface area contributed by atoms with Crippen molar-refractivity contribution in [3.63, 3.8) is 0 Å². The maximum atomic E-state index is 4.92. The van der Waals surface area contributed by atoms with Gasteiger partial charge in [0.25, 0.3) is 0 Å². The summed E-state index contributed by atoms with van der Waals surface area (Å²) in [5.74, 6) is 0.442. The van der Waals surface area contributed by atoms with Gasteiger partial charge in [0.2, 0.25) is 0 Å². The average Bonchev–Trinajstić information content (AvgIpc) is 3.26. The van der Waals surface area contributed by atoms with Gasteiger partial charge in [0, 0.05) is 37.3 Å². The molecule has 0 aliphatic heterocycles. The van der Waals surface area contributed by atoms with Gasteiger partial charge in [-0.3, -0.25) is 4.98 Å². The summed E-state index contributed by atoms with van der Waals surface area (Å²) in [5.41, 5.74) is 3.66. The Morgan fingerprint density at radius 3 is 2.21 bits per heavy atom. The lowest BCUT2D eigenvalue weighted by atomic mass is 9.93. The molecule has 34 heavy (non-hydrogen) atoms. The van der Waals surface area contributed by atoms with Gasteiger partial charge >= 0.3 is 0 Å². The molecule has 0 spiro atoms. The predicted molar refractivity (Wildman–Crippen MR) is 149 cm³/mol. The van der Waals surface area contributed by atoms with Crippen molar-refractivity contribution in [1.29, 1.82) is 0 Å². The Balaban J connectivity index is 1.56. The molecule has 2 heterocycles. The van der Waals surface area contributed by atoms with Gasteiger partial charge in [0.15, 0.2) is 0 Å². The summed E-state index contributed by atoms with van der Waals surface area (Å²) in [5, 5.41) is 10.3. The lowest BCUT2D eigenvalue weighted by molar-refractivity contribution is 0.878. The minimum Gasteiger partial charge on any atom is -0.256 e. The molecule has 0 radical (unpaired) electrons. The molecule has 0 N–H and O–H groups in total. The fourth-order valence-electron chi connectivity index (χ4n) is 5.40. The molecule has 1 nitrogen and oxygen atoms in total. The van der Waals surface area contributed by atoms with Crippen molar-refractivity contribution < 1.29 is 0 Å². The van der Waals surface area contributed by atoms with Gasteiger partial charge in [-0.2, -0.15) is 0 Å².